The molecule has 0 aliphatic carbocycles. The molecule has 3 unspecified atom stereocenters. The van der Waals surface area contributed by atoms with Crippen LogP contribution in [0.4, 0.5) is 11.4 Å². The van der Waals surface area contributed by atoms with E-state index in [1.165, 1.54) is 4.90 Å². The van der Waals surface area contributed by atoms with E-state index in [-0.39, 0.29) is 11.7 Å². The molecule has 5 rings (SSSR count). The number of rotatable bonds is 6. The summed E-state index contributed by atoms with van der Waals surface area (Å²) in [5.74, 6) is -0.619. The van der Waals surface area contributed by atoms with E-state index < -0.39 is 24.0 Å². The summed E-state index contributed by atoms with van der Waals surface area (Å²) in [6.07, 6.45) is -0.0465. The Morgan fingerprint density at radius 2 is 1.58 bits per heavy atom. The monoisotopic (exact) mass is 444 g/mol. The third-order valence-electron chi connectivity index (χ3n) is 5.93. The van der Waals surface area contributed by atoms with Crippen LogP contribution in [0.5, 0.6) is 11.5 Å². The molecule has 2 amide bonds. The molecule has 0 radical (unpaired) electrons. The summed E-state index contributed by atoms with van der Waals surface area (Å²) in [6, 6.07) is 22.4. The summed E-state index contributed by atoms with van der Waals surface area (Å²) in [5, 5.41) is 11.4. The molecule has 7 heteroatoms. The highest BCUT2D eigenvalue weighted by molar-refractivity contribution is 6.23. The molecule has 2 aliphatic heterocycles. The average Bonchev–Trinajstić information content (AvgIpc) is 3.35. The van der Waals surface area contributed by atoms with E-state index >= 15 is 0 Å². The van der Waals surface area contributed by atoms with E-state index in [1.807, 2.05) is 37.3 Å². The zero-order valence-electron chi connectivity index (χ0n) is 18.1. The number of ether oxygens (including phenoxy) is 1. The van der Waals surface area contributed by atoms with Gasteiger partial charge in [0, 0.05) is 0 Å². The molecule has 2 saturated heterocycles. The van der Waals surface area contributed by atoms with Crippen LogP contribution in [-0.4, -0.2) is 29.6 Å². The quantitative estimate of drug-likeness (QED) is 0.573. The number of aromatic hydroxyl groups is 1. The fourth-order valence-electron chi connectivity index (χ4n) is 4.39. The summed E-state index contributed by atoms with van der Waals surface area (Å²) in [5.41, 5.74) is 2.01. The zero-order chi connectivity index (χ0) is 22.9. The lowest BCUT2D eigenvalue weighted by atomic mass is 9.90. The van der Waals surface area contributed by atoms with Crippen molar-refractivity contribution in [3.05, 3.63) is 84.4 Å². The average molecular weight is 444 g/mol. The van der Waals surface area contributed by atoms with Gasteiger partial charge in [0.15, 0.2) is 6.10 Å². The maximum atomic E-state index is 13.6. The van der Waals surface area contributed by atoms with Gasteiger partial charge in [-0.2, -0.15) is 0 Å². The van der Waals surface area contributed by atoms with E-state index in [9.17, 15) is 14.7 Å². The largest absolute Gasteiger partial charge is 0.508 e. The van der Waals surface area contributed by atoms with Gasteiger partial charge in [0.1, 0.15) is 17.4 Å². The number of hydrogen-bond donors (Lipinski definition) is 1. The number of imide groups is 1. The molecule has 2 aliphatic rings. The van der Waals surface area contributed by atoms with Crippen molar-refractivity contribution in [2.24, 2.45) is 5.92 Å². The van der Waals surface area contributed by atoms with Crippen LogP contribution in [0.2, 0.25) is 0 Å². The van der Waals surface area contributed by atoms with Crippen LogP contribution in [-0.2, 0) is 14.4 Å². The molecule has 168 valence electrons. The Balaban J connectivity index is 1.49. The highest BCUT2D eigenvalue weighted by Crippen LogP contribution is 2.47. The van der Waals surface area contributed by atoms with Crippen molar-refractivity contribution in [1.82, 2.24) is 0 Å². The van der Waals surface area contributed by atoms with Gasteiger partial charge in [-0.1, -0.05) is 37.3 Å². The van der Waals surface area contributed by atoms with Gasteiger partial charge in [-0.3, -0.25) is 14.4 Å². The number of anilines is 2. The first-order valence-corrected chi connectivity index (χ1v) is 11.0. The van der Waals surface area contributed by atoms with Crippen LogP contribution in [0, 0.1) is 5.92 Å². The first-order chi connectivity index (χ1) is 16.1. The minimum Gasteiger partial charge on any atom is -0.508 e. The molecule has 0 aromatic heterocycles. The molecular weight excluding hydrogens is 420 g/mol. The van der Waals surface area contributed by atoms with Crippen LogP contribution in [0.3, 0.4) is 0 Å². The molecule has 3 atom stereocenters. The number of para-hydroxylation sites is 1. The molecule has 1 N–H and O–H groups in total. The molecule has 3 aromatic rings. The number of amides is 2. The second-order valence-electron chi connectivity index (χ2n) is 8.10. The Bertz CT molecular complexity index is 1150. The second-order valence-corrected chi connectivity index (χ2v) is 8.10. The minimum absolute atomic E-state index is 0.126. The number of hydrogen-bond acceptors (Lipinski definition) is 6. The first-order valence-electron chi connectivity index (χ1n) is 11.0. The van der Waals surface area contributed by atoms with Crippen molar-refractivity contribution < 1.29 is 24.3 Å². The Kier molecular flexibility index (Phi) is 5.48. The molecule has 7 nitrogen and oxygen atoms in total. The molecule has 33 heavy (non-hydrogen) atoms. The molecule has 2 fully saturated rings. The molecular formula is C26H24N2O5. The summed E-state index contributed by atoms with van der Waals surface area (Å²) in [6.45, 7) is 2.63. The molecule has 3 aromatic carbocycles. The summed E-state index contributed by atoms with van der Waals surface area (Å²) in [7, 11) is 0. The molecule has 0 spiro atoms. The van der Waals surface area contributed by atoms with Gasteiger partial charge in [0.05, 0.1) is 24.0 Å². The predicted octanol–water partition coefficient (Wildman–Crippen LogP) is 4.23. The number of carbonyl (C=O) groups excluding carboxylic acids is 2. The van der Waals surface area contributed by atoms with E-state index in [1.54, 1.807) is 53.6 Å². The van der Waals surface area contributed by atoms with Crippen molar-refractivity contribution in [3.63, 3.8) is 0 Å². The van der Waals surface area contributed by atoms with Gasteiger partial charge in [-0.25, -0.2) is 9.96 Å². The number of carbonyl (C=O) groups is 2. The van der Waals surface area contributed by atoms with E-state index in [2.05, 4.69) is 0 Å². The third-order valence-corrected chi connectivity index (χ3v) is 5.93. The van der Waals surface area contributed by atoms with Crippen LogP contribution in [0.1, 0.15) is 24.9 Å². The number of benzene rings is 3. The second kappa shape index (κ2) is 8.60. The third kappa shape index (κ3) is 3.70. The van der Waals surface area contributed by atoms with Gasteiger partial charge in [0.25, 0.3) is 5.91 Å². The van der Waals surface area contributed by atoms with Crippen LogP contribution in [0.15, 0.2) is 78.9 Å². The Labute approximate surface area is 191 Å². The van der Waals surface area contributed by atoms with E-state index in [0.717, 1.165) is 17.7 Å². The lowest BCUT2D eigenvalue weighted by Gasteiger charge is -2.28. The number of nitrogens with zero attached hydrogens (tertiary/aromatic N) is 2. The predicted molar refractivity (Wildman–Crippen MR) is 123 cm³/mol. The molecule has 0 saturated carbocycles. The van der Waals surface area contributed by atoms with Crippen molar-refractivity contribution in [2.75, 3.05) is 16.6 Å². The van der Waals surface area contributed by atoms with Gasteiger partial charge in [-0.15, -0.1) is 0 Å². The minimum atomic E-state index is -0.937. The van der Waals surface area contributed by atoms with E-state index in [4.69, 9.17) is 9.57 Å². The van der Waals surface area contributed by atoms with Crippen molar-refractivity contribution >= 4 is 23.2 Å². The SMILES string of the molecule is CCCOc1ccc(N2C(=O)C3ON(c4ccccc4)C(c4ccc(O)cc4)C3C2=O)cc1. The Morgan fingerprint density at radius 3 is 2.24 bits per heavy atom. The topological polar surface area (TPSA) is 79.3 Å². The molecule has 0 bridgehead atoms. The van der Waals surface area contributed by atoms with Crippen molar-refractivity contribution in [3.8, 4) is 11.5 Å². The normalized spacial score (nSPS) is 22.0. The number of hydroxylamine groups is 1. The highest BCUT2D eigenvalue weighted by Gasteiger charge is 2.60. The first kappa shape index (κ1) is 21.0. The smallest absolute Gasteiger partial charge is 0.266 e. The zero-order valence-corrected chi connectivity index (χ0v) is 18.1. The van der Waals surface area contributed by atoms with Crippen molar-refractivity contribution in [1.29, 1.82) is 0 Å². The Hall–Kier alpha value is -3.84. The Morgan fingerprint density at radius 1 is 0.879 bits per heavy atom. The maximum absolute atomic E-state index is 13.6. The molecule has 2 heterocycles. The number of phenols is 1. The van der Waals surface area contributed by atoms with Gasteiger partial charge >= 0.3 is 0 Å². The lowest BCUT2D eigenvalue weighted by molar-refractivity contribution is -0.126. The summed E-state index contributed by atoms with van der Waals surface area (Å²) < 4.78 is 5.61. The number of fused-ring (bicyclic) bond motifs is 1. The van der Waals surface area contributed by atoms with Crippen LogP contribution < -0.4 is 14.7 Å². The van der Waals surface area contributed by atoms with Crippen molar-refractivity contribution in [2.45, 2.75) is 25.5 Å². The standard InChI is InChI=1S/C26H24N2O5/c1-2-16-32-21-14-10-18(11-15-21)27-25(30)22-23(17-8-12-20(29)13-9-17)28(33-24(22)26(27)31)19-6-4-3-5-7-19/h3-15,22-24,29H,2,16H2,1H3. The summed E-state index contributed by atoms with van der Waals surface area (Å²) >= 11 is 0. The maximum Gasteiger partial charge on any atom is 0.266 e. The van der Waals surface area contributed by atoms with E-state index in [0.29, 0.717) is 18.0 Å². The number of phenolic OH excluding ortho intramolecular Hbond substituents is 1. The summed E-state index contributed by atoms with van der Waals surface area (Å²) in [4.78, 5) is 34.3. The fourth-order valence-corrected chi connectivity index (χ4v) is 4.39. The van der Waals surface area contributed by atoms with Crippen LogP contribution in [0.25, 0.3) is 0 Å². The lowest BCUT2D eigenvalue weighted by Crippen LogP contribution is -2.37. The highest BCUT2D eigenvalue weighted by atomic mass is 16.7. The van der Waals surface area contributed by atoms with Gasteiger partial charge in [-0.05, 0) is 60.5 Å². The van der Waals surface area contributed by atoms with Gasteiger partial charge < -0.3 is 9.84 Å². The van der Waals surface area contributed by atoms with Gasteiger partial charge in [0.2, 0.25) is 5.91 Å². The van der Waals surface area contributed by atoms with Crippen LogP contribution >= 0.6 is 0 Å². The fraction of sp³-hybridized carbons (Fsp3) is 0.231.